The summed E-state index contributed by atoms with van der Waals surface area (Å²) in [5, 5.41) is 3.38. The van der Waals surface area contributed by atoms with Crippen LogP contribution in [0.2, 0.25) is 0 Å². The summed E-state index contributed by atoms with van der Waals surface area (Å²) in [4.78, 5) is 16.5. The first-order valence-electron chi connectivity index (χ1n) is 9.66. The van der Waals surface area contributed by atoms with Gasteiger partial charge in [-0.05, 0) is 57.0 Å². The van der Waals surface area contributed by atoms with Crippen molar-refractivity contribution in [3.8, 4) is 11.5 Å². The number of hydrogen-bond donors (Lipinski definition) is 1. The Morgan fingerprint density at radius 1 is 1.19 bits per heavy atom. The highest BCUT2D eigenvalue weighted by molar-refractivity contribution is 5.78. The molecule has 0 bridgehead atoms. The van der Waals surface area contributed by atoms with E-state index in [1.165, 1.54) is 18.4 Å². The third-order valence-corrected chi connectivity index (χ3v) is 5.36. The van der Waals surface area contributed by atoms with Crippen molar-refractivity contribution in [2.45, 2.75) is 38.3 Å². The number of carbonyl (C=O) groups excluding carboxylic acids is 1. The van der Waals surface area contributed by atoms with Gasteiger partial charge in [0.05, 0.1) is 7.11 Å². The Morgan fingerprint density at radius 2 is 2.00 bits per heavy atom. The Bertz CT molecular complexity index is 602. The number of nitrogens with one attached hydrogen (secondary N) is 1. The quantitative estimate of drug-likeness (QED) is 0.804. The summed E-state index contributed by atoms with van der Waals surface area (Å²) in [6.07, 6.45) is 4.65. The molecule has 1 amide bonds. The topological polar surface area (TPSA) is 54.0 Å². The van der Waals surface area contributed by atoms with Crippen LogP contribution in [0, 0.1) is 0 Å². The molecular formula is C20H31N3O3. The second-order valence-corrected chi connectivity index (χ2v) is 7.22. The van der Waals surface area contributed by atoms with E-state index in [1.807, 2.05) is 24.1 Å². The number of benzene rings is 1. The number of carbonyl (C=O) groups is 1. The fourth-order valence-corrected chi connectivity index (χ4v) is 3.82. The molecule has 1 atom stereocenters. The van der Waals surface area contributed by atoms with Gasteiger partial charge in [0.1, 0.15) is 0 Å². The van der Waals surface area contributed by atoms with Gasteiger partial charge in [-0.3, -0.25) is 9.69 Å². The van der Waals surface area contributed by atoms with E-state index >= 15 is 0 Å². The second-order valence-electron chi connectivity index (χ2n) is 7.22. The van der Waals surface area contributed by atoms with E-state index in [4.69, 9.17) is 9.47 Å². The lowest BCUT2D eigenvalue weighted by Crippen LogP contribution is -2.43. The van der Waals surface area contributed by atoms with Crippen molar-refractivity contribution < 1.29 is 14.3 Å². The van der Waals surface area contributed by atoms with Gasteiger partial charge in [0.25, 0.3) is 5.91 Å². The maximum Gasteiger partial charge on any atom is 0.260 e. The van der Waals surface area contributed by atoms with Crippen LogP contribution in [0.1, 0.15) is 31.2 Å². The van der Waals surface area contributed by atoms with Crippen molar-refractivity contribution in [2.24, 2.45) is 0 Å². The van der Waals surface area contributed by atoms with Crippen molar-refractivity contribution in [3.05, 3.63) is 23.8 Å². The van der Waals surface area contributed by atoms with Crippen LogP contribution >= 0.6 is 0 Å². The first kappa shape index (κ1) is 19.0. The number of amides is 1. The van der Waals surface area contributed by atoms with E-state index in [0.717, 1.165) is 45.6 Å². The fourth-order valence-electron chi connectivity index (χ4n) is 3.82. The third kappa shape index (κ3) is 4.89. The first-order valence-corrected chi connectivity index (χ1v) is 9.66. The normalized spacial score (nSPS) is 21.0. The number of hydrogen-bond acceptors (Lipinski definition) is 5. The van der Waals surface area contributed by atoms with Crippen molar-refractivity contribution >= 4 is 5.91 Å². The number of likely N-dealkylation sites (N-methyl/N-ethyl adjacent to an activating group) is 1. The average Bonchev–Trinajstić information content (AvgIpc) is 3.21. The average molecular weight is 361 g/mol. The van der Waals surface area contributed by atoms with Gasteiger partial charge in [-0.1, -0.05) is 6.07 Å². The monoisotopic (exact) mass is 361 g/mol. The maximum absolute atomic E-state index is 12.2. The summed E-state index contributed by atoms with van der Waals surface area (Å²) in [7, 11) is 3.68. The highest BCUT2D eigenvalue weighted by Crippen LogP contribution is 2.29. The lowest BCUT2D eigenvalue weighted by molar-refractivity contribution is -0.132. The molecule has 6 nitrogen and oxygen atoms in total. The Labute approximate surface area is 156 Å². The number of nitrogens with zero attached hydrogens (tertiary/aromatic N) is 2. The summed E-state index contributed by atoms with van der Waals surface area (Å²) >= 11 is 0. The van der Waals surface area contributed by atoms with E-state index < -0.39 is 0 Å². The van der Waals surface area contributed by atoms with E-state index in [-0.39, 0.29) is 12.5 Å². The van der Waals surface area contributed by atoms with Gasteiger partial charge in [-0.2, -0.15) is 0 Å². The second kappa shape index (κ2) is 9.24. The Balaban J connectivity index is 1.57. The molecular weight excluding hydrogens is 330 g/mol. The van der Waals surface area contributed by atoms with Crippen molar-refractivity contribution in [2.75, 3.05) is 46.9 Å². The fraction of sp³-hybridized carbons (Fsp3) is 0.650. The standard InChI is InChI=1S/C20H31N3O3/c1-21-17-6-5-9-22(14-17)13-16-7-8-18(19(12-16)25-2)26-15-20(24)23-10-3-4-11-23/h7-8,12,17,21H,3-6,9-11,13-15H2,1-2H3. The molecule has 2 heterocycles. The van der Waals surface area contributed by atoms with Gasteiger partial charge in [0.2, 0.25) is 0 Å². The van der Waals surface area contributed by atoms with Crippen LogP contribution in [-0.2, 0) is 11.3 Å². The minimum absolute atomic E-state index is 0.0556. The number of piperidine rings is 1. The van der Waals surface area contributed by atoms with Crippen molar-refractivity contribution in [1.29, 1.82) is 0 Å². The zero-order valence-electron chi connectivity index (χ0n) is 16.0. The van der Waals surface area contributed by atoms with E-state index in [0.29, 0.717) is 17.5 Å². The zero-order valence-corrected chi connectivity index (χ0v) is 16.0. The number of ether oxygens (including phenoxy) is 2. The number of likely N-dealkylation sites (tertiary alicyclic amines) is 2. The molecule has 1 unspecified atom stereocenters. The van der Waals surface area contributed by atoms with Crippen LogP contribution in [0.5, 0.6) is 11.5 Å². The molecule has 2 aliphatic heterocycles. The Morgan fingerprint density at radius 3 is 2.73 bits per heavy atom. The third-order valence-electron chi connectivity index (χ3n) is 5.36. The largest absolute Gasteiger partial charge is 0.493 e. The molecule has 2 aliphatic rings. The lowest BCUT2D eigenvalue weighted by Gasteiger charge is -2.32. The van der Waals surface area contributed by atoms with Crippen LogP contribution in [0.3, 0.4) is 0 Å². The molecule has 1 N–H and O–H groups in total. The van der Waals surface area contributed by atoms with Gasteiger partial charge in [-0.25, -0.2) is 0 Å². The molecule has 0 saturated carbocycles. The van der Waals surface area contributed by atoms with Gasteiger partial charge >= 0.3 is 0 Å². The summed E-state index contributed by atoms with van der Waals surface area (Å²) < 4.78 is 11.2. The number of methoxy groups -OCH3 is 1. The molecule has 144 valence electrons. The SMILES string of the molecule is CNC1CCCN(Cc2ccc(OCC(=O)N3CCCC3)c(OC)c2)C1. The molecule has 1 aromatic rings. The lowest BCUT2D eigenvalue weighted by atomic mass is 10.0. The minimum Gasteiger partial charge on any atom is -0.493 e. The molecule has 6 heteroatoms. The molecule has 2 fully saturated rings. The number of rotatable bonds is 7. The van der Waals surface area contributed by atoms with E-state index in [2.05, 4.69) is 16.3 Å². The molecule has 26 heavy (non-hydrogen) atoms. The predicted molar refractivity (Wildman–Crippen MR) is 102 cm³/mol. The highest BCUT2D eigenvalue weighted by atomic mass is 16.5. The Hall–Kier alpha value is -1.79. The molecule has 1 aromatic carbocycles. The summed E-state index contributed by atoms with van der Waals surface area (Å²) in [6, 6.07) is 6.59. The van der Waals surface area contributed by atoms with Gasteiger partial charge in [0, 0.05) is 32.2 Å². The first-order chi connectivity index (χ1) is 12.7. The molecule has 3 rings (SSSR count). The summed E-state index contributed by atoms with van der Waals surface area (Å²) in [6.45, 7) is 4.88. The highest BCUT2D eigenvalue weighted by Gasteiger charge is 2.20. The molecule has 0 aliphatic carbocycles. The van der Waals surface area contributed by atoms with Crippen LogP contribution in [0.15, 0.2) is 18.2 Å². The summed E-state index contributed by atoms with van der Waals surface area (Å²) in [5.41, 5.74) is 1.21. The van der Waals surface area contributed by atoms with Gasteiger partial charge < -0.3 is 19.7 Å². The van der Waals surface area contributed by atoms with Crippen LogP contribution in [0.25, 0.3) is 0 Å². The predicted octanol–water partition coefficient (Wildman–Crippen LogP) is 1.88. The smallest absolute Gasteiger partial charge is 0.260 e. The molecule has 0 radical (unpaired) electrons. The Kier molecular flexibility index (Phi) is 6.74. The van der Waals surface area contributed by atoms with Gasteiger partial charge in [0.15, 0.2) is 18.1 Å². The van der Waals surface area contributed by atoms with Crippen molar-refractivity contribution in [3.63, 3.8) is 0 Å². The van der Waals surface area contributed by atoms with Crippen molar-refractivity contribution in [1.82, 2.24) is 15.1 Å². The molecule has 0 spiro atoms. The van der Waals surface area contributed by atoms with E-state index in [1.54, 1.807) is 7.11 Å². The van der Waals surface area contributed by atoms with Gasteiger partial charge in [-0.15, -0.1) is 0 Å². The minimum atomic E-state index is 0.0556. The molecule has 2 saturated heterocycles. The van der Waals surface area contributed by atoms with Crippen LogP contribution in [-0.4, -0.2) is 68.7 Å². The van der Waals surface area contributed by atoms with E-state index in [9.17, 15) is 4.79 Å². The maximum atomic E-state index is 12.2. The summed E-state index contributed by atoms with van der Waals surface area (Å²) in [5.74, 6) is 1.38. The zero-order chi connectivity index (χ0) is 18.4. The van der Waals surface area contributed by atoms with Crippen LogP contribution < -0.4 is 14.8 Å². The van der Waals surface area contributed by atoms with Crippen LogP contribution in [0.4, 0.5) is 0 Å². The molecule has 0 aromatic heterocycles.